The second-order valence-electron chi connectivity index (χ2n) is 4.28. The molecule has 1 aromatic heterocycles. The third-order valence-electron chi connectivity index (χ3n) is 2.60. The van der Waals surface area contributed by atoms with Crippen LogP contribution in [-0.4, -0.2) is 20.6 Å². The molecule has 0 aliphatic heterocycles. The van der Waals surface area contributed by atoms with Crippen LogP contribution >= 0.6 is 11.8 Å². The lowest BCUT2D eigenvalue weighted by Crippen LogP contribution is -2.24. The largest absolute Gasteiger partial charge is 0.385 e. The van der Waals surface area contributed by atoms with E-state index >= 15 is 0 Å². The van der Waals surface area contributed by atoms with Crippen LogP contribution in [0.4, 0.5) is 0 Å². The zero-order chi connectivity index (χ0) is 12.3. The van der Waals surface area contributed by atoms with Gasteiger partial charge in [-0.25, -0.2) is 0 Å². The van der Waals surface area contributed by atoms with Gasteiger partial charge in [0.25, 0.3) is 0 Å². The van der Waals surface area contributed by atoms with E-state index in [9.17, 15) is 5.11 Å². The van der Waals surface area contributed by atoms with Crippen LogP contribution in [0.2, 0.25) is 0 Å². The summed E-state index contributed by atoms with van der Waals surface area (Å²) in [4.78, 5) is 1.07. The van der Waals surface area contributed by atoms with Crippen LogP contribution in [0.25, 0.3) is 0 Å². The predicted molar refractivity (Wildman–Crippen MR) is 69.9 cm³/mol. The molecule has 0 amide bonds. The first-order valence-electron chi connectivity index (χ1n) is 5.47. The molecule has 0 aliphatic carbocycles. The van der Waals surface area contributed by atoms with Gasteiger partial charge >= 0.3 is 0 Å². The van der Waals surface area contributed by atoms with Crippen molar-refractivity contribution in [3.63, 3.8) is 0 Å². The summed E-state index contributed by atoms with van der Waals surface area (Å²) in [7, 11) is 1.89. The van der Waals surface area contributed by atoms with Crippen LogP contribution < -0.4 is 0 Å². The van der Waals surface area contributed by atoms with Crippen LogP contribution in [0.1, 0.15) is 12.5 Å². The lowest BCUT2D eigenvalue weighted by Gasteiger charge is -2.22. The van der Waals surface area contributed by atoms with Gasteiger partial charge in [-0.2, -0.15) is 5.10 Å². The molecule has 1 heterocycles. The molecule has 0 radical (unpaired) electrons. The molecular weight excluding hydrogens is 232 g/mol. The molecule has 1 N–H and O–H groups in total. The van der Waals surface area contributed by atoms with Crippen molar-refractivity contribution in [2.24, 2.45) is 7.05 Å². The third kappa shape index (κ3) is 3.11. The van der Waals surface area contributed by atoms with Gasteiger partial charge in [0.15, 0.2) is 0 Å². The number of thioether (sulfide) groups is 1. The average Bonchev–Trinajstić information content (AvgIpc) is 2.74. The molecule has 0 saturated heterocycles. The Bertz CT molecular complexity index is 479. The Kier molecular flexibility index (Phi) is 3.54. The van der Waals surface area contributed by atoms with Crippen LogP contribution in [0.15, 0.2) is 47.6 Å². The number of aliphatic hydroxyl groups is 1. The van der Waals surface area contributed by atoms with Gasteiger partial charge in [-0.1, -0.05) is 30.3 Å². The van der Waals surface area contributed by atoms with Crippen LogP contribution in [0.3, 0.4) is 0 Å². The summed E-state index contributed by atoms with van der Waals surface area (Å²) in [5.74, 6) is 0.614. The summed E-state index contributed by atoms with van der Waals surface area (Å²) in [5, 5.41) is 14.5. The molecule has 0 fully saturated rings. The lowest BCUT2D eigenvalue weighted by molar-refractivity contribution is 0.0839. The maximum absolute atomic E-state index is 10.4. The first kappa shape index (κ1) is 12.2. The van der Waals surface area contributed by atoms with E-state index in [2.05, 4.69) is 5.10 Å². The fourth-order valence-electron chi connectivity index (χ4n) is 1.58. The molecule has 0 saturated carbocycles. The molecule has 2 aromatic rings. The van der Waals surface area contributed by atoms with E-state index in [1.807, 2.05) is 56.7 Å². The molecule has 90 valence electrons. The number of aromatic nitrogens is 2. The monoisotopic (exact) mass is 248 g/mol. The van der Waals surface area contributed by atoms with E-state index in [1.54, 1.807) is 16.4 Å². The number of benzene rings is 1. The van der Waals surface area contributed by atoms with Crippen molar-refractivity contribution in [3.05, 3.63) is 48.3 Å². The lowest BCUT2D eigenvalue weighted by atomic mass is 9.99. The first-order valence-corrected chi connectivity index (χ1v) is 6.46. The maximum atomic E-state index is 10.4. The van der Waals surface area contributed by atoms with Crippen molar-refractivity contribution in [2.75, 3.05) is 5.75 Å². The second kappa shape index (κ2) is 4.94. The van der Waals surface area contributed by atoms with Gasteiger partial charge in [0.2, 0.25) is 0 Å². The number of hydrogen-bond acceptors (Lipinski definition) is 3. The van der Waals surface area contributed by atoms with E-state index < -0.39 is 5.60 Å². The van der Waals surface area contributed by atoms with Crippen molar-refractivity contribution in [1.82, 2.24) is 9.78 Å². The highest BCUT2D eigenvalue weighted by Gasteiger charge is 2.23. The normalized spacial score (nSPS) is 14.5. The summed E-state index contributed by atoms with van der Waals surface area (Å²) in [5.41, 5.74) is 0.123. The second-order valence-corrected chi connectivity index (χ2v) is 5.33. The molecule has 1 unspecified atom stereocenters. The molecule has 0 aliphatic rings. The Balaban J connectivity index is 2.03. The molecule has 4 heteroatoms. The molecule has 0 bridgehead atoms. The van der Waals surface area contributed by atoms with Crippen molar-refractivity contribution in [1.29, 1.82) is 0 Å². The van der Waals surface area contributed by atoms with Crippen LogP contribution in [0, 0.1) is 0 Å². The molecule has 17 heavy (non-hydrogen) atoms. The minimum atomic E-state index is -0.818. The summed E-state index contributed by atoms with van der Waals surface area (Å²) in [6.45, 7) is 1.84. The molecule has 3 nitrogen and oxygen atoms in total. The van der Waals surface area contributed by atoms with Crippen molar-refractivity contribution in [3.8, 4) is 0 Å². The third-order valence-corrected chi connectivity index (χ3v) is 3.85. The van der Waals surface area contributed by atoms with Crippen molar-refractivity contribution < 1.29 is 5.11 Å². The van der Waals surface area contributed by atoms with E-state index in [-0.39, 0.29) is 0 Å². The van der Waals surface area contributed by atoms with E-state index in [4.69, 9.17) is 0 Å². The molecule has 1 aromatic carbocycles. The van der Waals surface area contributed by atoms with E-state index in [1.165, 1.54) is 0 Å². The molecular formula is C13H16N2OS. The van der Waals surface area contributed by atoms with Crippen molar-refractivity contribution in [2.45, 2.75) is 17.4 Å². The Labute approximate surface area is 105 Å². The average molecular weight is 248 g/mol. The fraction of sp³-hybridized carbons (Fsp3) is 0.308. The number of rotatable bonds is 4. The minimum Gasteiger partial charge on any atom is -0.385 e. The maximum Gasteiger partial charge on any atom is 0.0962 e. The number of aryl methyl sites for hydroxylation is 1. The summed E-state index contributed by atoms with van der Waals surface area (Å²) >= 11 is 1.61. The summed E-state index contributed by atoms with van der Waals surface area (Å²) in [6, 6.07) is 9.73. The van der Waals surface area contributed by atoms with Gasteiger partial charge in [0, 0.05) is 23.9 Å². The van der Waals surface area contributed by atoms with Gasteiger partial charge in [-0.05, 0) is 12.5 Å². The predicted octanol–water partition coefficient (Wildman–Crippen LogP) is 2.42. The molecule has 2 rings (SSSR count). The quantitative estimate of drug-likeness (QED) is 0.844. The summed E-state index contributed by atoms with van der Waals surface area (Å²) in [6.07, 6.45) is 3.76. The van der Waals surface area contributed by atoms with Gasteiger partial charge in [-0.15, -0.1) is 11.8 Å². The van der Waals surface area contributed by atoms with Gasteiger partial charge in [0.1, 0.15) is 0 Å². The van der Waals surface area contributed by atoms with Crippen LogP contribution in [-0.2, 0) is 12.6 Å². The number of hydrogen-bond donors (Lipinski definition) is 1. The molecule has 1 atom stereocenters. The van der Waals surface area contributed by atoms with Gasteiger partial charge in [-0.3, -0.25) is 4.68 Å². The van der Waals surface area contributed by atoms with Gasteiger partial charge < -0.3 is 5.11 Å². The van der Waals surface area contributed by atoms with Crippen LogP contribution in [0.5, 0.6) is 0 Å². The standard InChI is InChI=1S/C13H16N2OS/c1-13(16,11-6-4-3-5-7-11)10-17-12-8-14-15(2)9-12/h3-9,16H,10H2,1-2H3. The Morgan fingerprint density at radius 1 is 1.35 bits per heavy atom. The zero-order valence-corrected chi connectivity index (χ0v) is 10.8. The highest BCUT2D eigenvalue weighted by Crippen LogP contribution is 2.28. The minimum absolute atomic E-state index is 0.614. The van der Waals surface area contributed by atoms with Crippen molar-refractivity contribution >= 4 is 11.8 Å². The summed E-state index contributed by atoms with van der Waals surface area (Å²) < 4.78 is 1.76. The zero-order valence-electron chi connectivity index (χ0n) is 10.00. The Morgan fingerprint density at radius 2 is 2.06 bits per heavy atom. The smallest absolute Gasteiger partial charge is 0.0962 e. The first-order chi connectivity index (χ1) is 8.08. The fourth-order valence-corrected chi connectivity index (χ4v) is 2.54. The van der Waals surface area contributed by atoms with E-state index in [0.717, 1.165) is 10.5 Å². The molecule has 0 spiro atoms. The van der Waals surface area contributed by atoms with E-state index in [0.29, 0.717) is 5.75 Å². The van der Waals surface area contributed by atoms with Gasteiger partial charge in [0.05, 0.1) is 11.8 Å². The highest BCUT2D eigenvalue weighted by atomic mass is 32.2. The topological polar surface area (TPSA) is 38.0 Å². The highest BCUT2D eigenvalue weighted by molar-refractivity contribution is 7.99. The Morgan fingerprint density at radius 3 is 2.65 bits per heavy atom. The SMILES string of the molecule is Cn1cc(SCC(C)(O)c2ccccc2)cn1. The Hall–Kier alpha value is -1.26. The number of nitrogens with zero attached hydrogens (tertiary/aromatic N) is 2.